The van der Waals surface area contributed by atoms with E-state index in [2.05, 4.69) is 15.1 Å². The Balaban J connectivity index is 1.53. The van der Waals surface area contributed by atoms with E-state index in [4.69, 9.17) is 0 Å². The summed E-state index contributed by atoms with van der Waals surface area (Å²) in [5.74, 6) is -0.103. The van der Waals surface area contributed by atoms with Crippen LogP contribution in [0.4, 0.5) is 10.1 Å². The van der Waals surface area contributed by atoms with Crippen LogP contribution >= 0.6 is 0 Å². The molecule has 2 saturated heterocycles. The smallest absolute Gasteiger partial charge is 0.146 e. The molecule has 0 radical (unpaired) electrons. The molecular formula is C15H22FN3. The number of halogens is 1. The monoisotopic (exact) mass is 263 g/mol. The molecule has 4 heteroatoms. The number of nitrogens with zero attached hydrogens (tertiary/aromatic N) is 2. The summed E-state index contributed by atoms with van der Waals surface area (Å²) in [6.45, 7) is 6.23. The number of para-hydroxylation sites is 1. The van der Waals surface area contributed by atoms with E-state index >= 15 is 0 Å². The van der Waals surface area contributed by atoms with Gasteiger partial charge < -0.3 is 10.2 Å². The third kappa shape index (κ3) is 3.07. The molecule has 2 fully saturated rings. The molecule has 0 spiro atoms. The van der Waals surface area contributed by atoms with Crippen LogP contribution in [0.15, 0.2) is 24.3 Å². The van der Waals surface area contributed by atoms with Crippen molar-refractivity contribution >= 4 is 5.69 Å². The lowest BCUT2D eigenvalue weighted by Crippen LogP contribution is -2.50. The molecule has 1 aromatic carbocycles. The standard InChI is InChI=1S/C15H22FN3/c16-14-5-1-2-6-15(14)19-10-8-18(9-11-19)12-13-4-3-7-17-13/h1-2,5-6,13,17H,3-4,7-12H2. The van der Waals surface area contributed by atoms with E-state index in [0.29, 0.717) is 6.04 Å². The predicted octanol–water partition coefficient (Wildman–Crippen LogP) is 1.70. The highest BCUT2D eigenvalue weighted by Crippen LogP contribution is 2.20. The lowest BCUT2D eigenvalue weighted by atomic mass is 10.2. The molecule has 0 bridgehead atoms. The Morgan fingerprint density at radius 3 is 2.63 bits per heavy atom. The lowest BCUT2D eigenvalue weighted by molar-refractivity contribution is 0.235. The maximum Gasteiger partial charge on any atom is 0.146 e. The average Bonchev–Trinajstić information content (AvgIpc) is 2.93. The summed E-state index contributed by atoms with van der Waals surface area (Å²) in [5, 5.41) is 3.54. The van der Waals surface area contributed by atoms with Gasteiger partial charge in [-0.15, -0.1) is 0 Å². The third-order valence-electron chi connectivity index (χ3n) is 4.21. The Hall–Kier alpha value is -1.13. The van der Waals surface area contributed by atoms with Crippen molar-refractivity contribution in [3.05, 3.63) is 30.1 Å². The zero-order valence-corrected chi connectivity index (χ0v) is 11.3. The van der Waals surface area contributed by atoms with Crippen molar-refractivity contribution in [2.24, 2.45) is 0 Å². The SMILES string of the molecule is Fc1ccccc1N1CCN(CC2CCCN2)CC1. The number of hydrogen-bond donors (Lipinski definition) is 1. The summed E-state index contributed by atoms with van der Waals surface area (Å²) in [4.78, 5) is 4.66. The minimum absolute atomic E-state index is 0.103. The van der Waals surface area contributed by atoms with Crippen molar-refractivity contribution in [3.8, 4) is 0 Å². The van der Waals surface area contributed by atoms with E-state index in [1.54, 1.807) is 12.1 Å². The summed E-state index contributed by atoms with van der Waals surface area (Å²) < 4.78 is 13.7. The van der Waals surface area contributed by atoms with Gasteiger partial charge in [-0.3, -0.25) is 4.90 Å². The zero-order chi connectivity index (χ0) is 13.1. The van der Waals surface area contributed by atoms with E-state index < -0.39 is 0 Å². The molecule has 19 heavy (non-hydrogen) atoms. The van der Waals surface area contributed by atoms with Crippen LogP contribution in [-0.2, 0) is 0 Å². The van der Waals surface area contributed by atoms with Crippen LogP contribution < -0.4 is 10.2 Å². The summed E-state index contributed by atoms with van der Waals surface area (Å²) in [7, 11) is 0. The first-order chi connectivity index (χ1) is 9.33. The molecule has 0 aliphatic carbocycles. The molecule has 3 rings (SSSR count). The topological polar surface area (TPSA) is 18.5 Å². The van der Waals surface area contributed by atoms with Crippen LogP contribution in [0, 0.1) is 5.82 Å². The van der Waals surface area contributed by atoms with Crippen molar-refractivity contribution < 1.29 is 4.39 Å². The second kappa shape index (κ2) is 5.88. The highest BCUT2D eigenvalue weighted by molar-refractivity contribution is 5.47. The van der Waals surface area contributed by atoms with Crippen LogP contribution in [0.1, 0.15) is 12.8 Å². The molecule has 2 aliphatic heterocycles. The van der Waals surface area contributed by atoms with Crippen molar-refractivity contribution in [1.29, 1.82) is 0 Å². The number of anilines is 1. The Bertz CT molecular complexity index is 410. The van der Waals surface area contributed by atoms with E-state index in [0.717, 1.165) is 38.4 Å². The average molecular weight is 263 g/mol. The molecule has 0 aromatic heterocycles. The van der Waals surface area contributed by atoms with Gasteiger partial charge in [0.1, 0.15) is 5.82 Å². The zero-order valence-electron chi connectivity index (χ0n) is 11.3. The second-order valence-electron chi connectivity index (χ2n) is 5.53. The number of piperazine rings is 1. The largest absolute Gasteiger partial charge is 0.367 e. The molecule has 1 N–H and O–H groups in total. The van der Waals surface area contributed by atoms with Crippen molar-refractivity contribution in [3.63, 3.8) is 0 Å². The van der Waals surface area contributed by atoms with Crippen LogP contribution in [-0.4, -0.2) is 50.2 Å². The van der Waals surface area contributed by atoms with Crippen molar-refractivity contribution in [2.75, 3.05) is 44.2 Å². The first-order valence-electron chi connectivity index (χ1n) is 7.28. The highest BCUT2D eigenvalue weighted by atomic mass is 19.1. The van der Waals surface area contributed by atoms with Gasteiger partial charge >= 0.3 is 0 Å². The van der Waals surface area contributed by atoms with Gasteiger partial charge in [-0.1, -0.05) is 12.1 Å². The predicted molar refractivity (Wildman–Crippen MR) is 76.1 cm³/mol. The van der Waals surface area contributed by atoms with Gasteiger partial charge in [0.05, 0.1) is 5.69 Å². The maximum atomic E-state index is 13.7. The normalized spacial score (nSPS) is 24.9. The number of benzene rings is 1. The van der Waals surface area contributed by atoms with Gasteiger partial charge in [0.25, 0.3) is 0 Å². The third-order valence-corrected chi connectivity index (χ3v) is 4.21. The highest BCUT2D eigenvalue weighted by Gasteiger charge is 2.22. The first kappa shape index (κ1) is 12.9. The van der Waals surface area contributed by atoms with Crippen LogP contribution in [0.2, 0.25) is 0 Å². The quantitative estimate of drug-likeness (QED) is 0.895. The molecule has 1 unspecified atom stereocenters. The Labute approximate surface area is 114 Å². The Morgan fingerprint density at radius 2 is 1.95 bits per heavy atom. The van der Waals surface area contributed by atoms with E-state index in [1.165, 1.54) is 19.4 Å². The van der Waals surface area contributed by atoms with E-state index in [-0.39, 0.29) is 5.82 Å². The van der Waals surface area contributed by atoms with Gasteiger partial charge in [0.2, 0.25) is 0 Å². The minimum atomic E-state index is -0.103. The number of rotatable bonds is 3. The molecular weight excluding hydrogens is 241 g/mol. The molecule has 0 saturated carbocycles. The molecule has 2 aliphatic rings. The molecule has 1 aromatic rings. The fraction of sp³-hybridized carbons (Fsp3) is 0.600. The van der Waals surface area contributed by atoms with Gasteiger partial charge in [-0.2, -0.15) is 0 Å². The van der Waals surface area contributed by atoms with Crippen LogP contribution in [0.25, 0.3) is 0 Å². The molecule has 2 heterocycles. The summed E-state index contributed by atoms with van der Waals surface area (Å²) in [6, 6.07) is 7.75. The second-order valence-corrected chi connectivity index (χ2v) is 5.53. The Morgan fingerprint density at radius 1 is 1.16 bits per heavy atom. The molecule has 1 atom stereocenters. The van der Waals surface area contributed by atoms with E-state index in [9.17, 15) is 4.39 Å². The van der Waals surface area contributed by atoms with E-state index in [1.807, 2.05) is 12.1 Å². The van der Waals surface area contributed by atoms with Gasteiger partial charge in [-0.05, 0) is 31.5 Å². The van der Waals surface area contributed by atoms with Gasteiger partial charge in [0.15, 0.2) is 0 Å². The van der Waals surface area contributed by atoms with Crippen molar-refractivity contribution in [2.45, 2.75) is 18.9 Å². The van der Waals surface area contributed by atoms with Crippen molar-refractivity contribution in [1.82, 2.24) is 10.2 Å². The number of nitrogens with one attached hydrogen (secondary N) is 1. The fourth-order valence-corrected chi connectivity index (χ4v) is 3.10. The first-order valence-corrected chi connectivity index (χ1v) is 7.28. The van der Waals surface area contributed by atoms with Crippen LogP contribution in [0.5, 0.6) is 0 Å². The van der Waals surface area contributed by atoms with Gasteiger partial charge in [0, 0.05) is 38.8 Å². The van der Waals surface area contributed by atoms with Crippen LogP contribution in [0.3, 0.4) is 0 Å². The number of hydrogen-bond acceptors (Lipinski definition) is 3. The minimum Gasteiger partial charge on any atom is -0.367 e. The van der Waals surface area contributed by atoms with Gasteiger partial charge in [-0.25, -0.2) is 4.39 Å². The molecule has 0 amide bonds. The summed E-state index contributed by atoms with van der Waals surface area (Å²) >= 11 is 0. The summed E-state index contributed by atoms with van der Waals surface area (Å²) in [6.07, 6.45) is 2.60. The molecule has 104 valence electrons. The Kier molecular flexibility index (Phi) is 3.99. The lowest BCUT2D eigenvalue weighted by Gasteiger charge is -2.37. The summed E-state index contributed by atoms with van der Waals surface area (Å²) in [5.41, 5.74) is 0.751. The molecule has 3 nitrogen and oxygen atoms in total. The fourth-order valence-electron chi connectivity index (χ4n) is 3.10. The maximum absolute atomic E-state index is 13.7.